The summed E-state index contributed by atoms with van der Waals surface area (Å²) in [6.07, 6.45) is 0. The first-order valence-corrected chi connectivity index (χ1v) is 11.8. The topological polar surface area (TPSA) is 122 Å². The van der Waals surface area contributed by atoms with Gasteiger partial charge in [0.25, 0.3) is 0 Å². The van der Waals surface area contributed by atoms with E-state index in [2.05, 4.69) is 15.5 Å². The van der Waals surface area contributed by atoms with Gasteiger partial charge in [-0.3, -0.25) is 4.79 Å². The Balaban J connectivity index is 1.67. The van der Waals surface area contributed by atoms with Crippen molar-refractivity contribution in [1.82, 2.24) is 14.8 Å². The third-order valence-electron chi connectivity index (χ3n) is 4.74. The first-order chi connectivity index (χ1) is 16.9. The molecule has 10 nitrogen and oxygen atoms in total. The minimum Gasteiger partial charge on any atom is -0.486 e. The van der Waals surface area contributed by atoms with Crippen LogP contribution < -0.4 is 10.1 Å². The molecule has 0 spiro atoms. The Morgan fingerprint density at radius 2 is 1.74 bits per heavy atom. The number of esters is 2. The summed E-state index contributed by atoms with van der Waals surface area (Å²) in [4.78, 5) is 36.6. The maximum atomic E-state index is 12.7. The molecular weight excluding hydrogens is 496 g/mol. The highest BCUT2D eigenvalue weighted by molar-refractivity contribution is 7.99. The molecule has 0 aliphatic heterocycles. The van der Waals surface area contributed by atoms with E-state index < -0.39 is 17.8 Å². The molecule has 12 heteroatoms. The Bertz CT molecular complexity index is 1220. The highest BCUT2D eigenvalue weighted by atomic mass is 35.5. The Hall–Kier alpha value is -3.57. The van der Waals surface area contributed by atoms with Gasteiger partial charge in [0.15, 0.2) is 11.0 Å². The number of ether oxygens (including phenoxy) is 3. The van der Waals surface area contributed by atoms with Crippen LogP contribution in [-0.4, -0.2) is 52.6 Å². The first kappa shape index (κ1) is 26.0. The lowest BCUT2D eigenvalue weighted by molar-refractivity contribution is -0.113. The van der Waals surface area contributed by atoms with Gasteiger partial charge < -0.3 is 24.1 Å². The van der Waals surface area contributed by atoms with Gasteiger partial charge in [0.05, 0.1) is 36.8 Å². The zero-order chi connectivity index (χ0) is 25.4. The number of amides is 1. The Labute approximate surface area is 210 Å². The molecule has 0 radical (unpaired) electrons. The molecule has 0 fully saturated rings. The molecule has 0 aliphatic carbocycles. The smallest absolute Gasteiger partial charge is 0.339 e. The molecule has 2 aromatic carbocycles. The number of carbonyl (C=O) groups excluding carboxylic acids is 3. The van der Waals surface area contributed by atoms with Gasteiger partial charge in [-0.15, -0.1) is 10.2 Å². The van der Waals surface area contributed by atoms with E-state index in [-0.39, 0.29) is 29.2 Å². The Morgan fingerprint density at radius 1 is 1.03 bits per heavy atom. The molecule has 0 saturated heterocycles. The van der Waals surface area contributed by atoms with Crippen molar-refractivity contribution < 1.29 is 28.6 Å². The molecule has 0 unspecified atom stereocenters. The fourth-order valence-electron chi connectivity index (χ4n) is 3.03. The van der Waals surface area contributed by atoms with Crippen LogP contribution in [0.25, 0.3) is 0 Å². The third-order valence-corrected chi connectivity index (χ3v) is 5.96. The summed E-state index contributed by atoms with van der Waals surface area (Å²) in [6.45, 7) is 2.70. The summed E-state index contributed by atoms with van der Waals surface area (Å²) < 4.78 is 17.0. The average Bonchev–Trinajstić information content (AvgIpc) is 3.27. The van der Waals surface area contributed by atoms with Crippen molar-refractivity contribution in [1.29, 1.82) is 0 Å². The molecule has 0 saturated carbocycles. The molecule has 3 rings (SSSR count). The van der Waals surface area contributed by atoms with E-state index in [0.717, 1.165) is 0 Å². The lowest BCUT2D eigenvalue weighted by Crippen LogP contribution is -2.18. The summed E-state index contributed by atoms with van der Waals surface area (Å²) in [6, 6.07) is 11.1. The Morgan fingerprint density at radius 3 is 2.40 bits per heavy atom. The van der Waals surface area contributed by atoms with Crippen LogP contribution in [0.15, 0.2) is 47.6 Å². The number of anilines is 1. The van der Waals surface area contributed by atoms with Crippen LogP contribution in [0.1, 0.15) is 33.5 Å². The van der Waals surface area contributed by atoms with Crippen molar-refractivity contribution in [2.75, 3.05) is 25.3 Å². The zero-order valence-electron chi connectivity index (χ0n) is 19.2. The van der Waals surface area contributed by atoms with E-state index in [1.54, 1.807) is 24.3 Å². The molecule has 0 bridgehead atoms. The summed E-state index contributed by atoms with van der Waals surface area (Å²) >= 11 is 7.06. The predicted octanol–water partition coefficient (Wildman–Crippen LogP) is 3.83. The number of carbonyl (C=O) groups is 3. The minimum absolute atomic E-state index is 0.0146. The van der Waals surface area contributed by atoms with Crippen LogP contribution in [-0.2, 0) is 27.4 Å². The largest absolute Gasteiger partial charge is 0.486 e. The van der Waals surface area contributed by atoms with Gasteiger partial charge in [-0.05, 0) is 49.4 Å². The second-order valence-corrected chi connectivity index (χ2v) is 8.34. The van der Waals surface area contributed by atoms with E-state index in [4.69, 9.17) is 25.8 Å². The lowest BCUT2D eigenvalue weighted by atomic mass is 10.1. The number of halogens is 1. The Kier molecular flexibility index (Phi) is 9.10. The van der Waals surface area contributed by atoms with E-state index in [0.29, 0.717) is 28.3 Å². The molecule has 1 heterocycles. The van der Waals surface area contributed by atoms with Gasteiger partial charge in [0.2, 0.25) is 5.91 Å². The van der Waals surface area contributed by atoms with Crippen LogP contribution >= 0.6 is 23.4 Å². The fraction of sp³-hybridized carbons (Fsp3) is 0.261. The van der Waals surface area contributed by atoms with E-state index in [9.17, 15) is 14.4 Å². The number of aromatic nitrogens is 3. The van der Waals surface area contributed by atoms with Crippen molar-refractivity contribution >= 4 is 46.9 Å². The third kappa shape index (κ3) is 6.74. The highest BCUT2D eigenvalue weighted by Crippen LogP contribution is 2.23. The zero-order valence-corrected chi connectivity index (χ0v) is 20.8. The van der Waals surface area contributed by atoms with Crippen LogP contribution in [0, 0.1) is 0 Å². The van der Waals surface area contributed by atoms with Crippen molar-refractivity contribution in [2.45, 2.75) is 25.2 Å². The highest BCUT2D eigenvalue weighted by Gasteiger charge is 2.19. The van der Waals surface area contributed by atoms with E-state index >= 15 is 0 Å². The molecule has 184 valence electrons. The second kappa shape index (κ2) is 12.2. The van der Waals surface area contributed by atoms with Crippen molar-refractivity contribution in [3.05, 3.63) is 64.4 Å². The van der Waals surface area contributed by atoms with Gasteiger partial charge in [-0.1, -0.05) is 23.4 Å². The molecule has 3 aromatic rings. The summed E-state index contributed by atoms with van der Waals surface area (Å²) in [5.41, 5.74) is 0.426. The molecule has 0 atom stereocenters. The predicted molar refractivity (Wildman–Crippen MR) is 130 cm³/mol. The summed E-state index contributed by atoms with van der Waals surface area (Å²) in [7, 11) is 2.47. The number of hydrogen-bond acceptors (Lipinski definition) is 9. The maximum absolute atomic E-state index is 12.7. The number of hydrogen-bond donors (Lipinski definition) is 1. The monoisotopic (exact) mass is 518 g/mol. The molecule has 1 amide bonds. The van der Waals surface area contributed by atoms with Crippen LogP contribution in [0.4, 0.5) is 5.69 Å². The SMILES string of the molecule is CCn1c(COc2ccc(Cl)cc2)nnc1SCC(=O)Nc1cc(C(=O)OC)ccc1C(=O)OC. The normalized spacial score (nSPS) is 10.5. The summed E-state index contributed by atoms with van der Waals surface area (Å²) in [5, 5.41) is 12.1. The molecular formula is C23H23ClN4O6S. The van der Waals surface area contributed by atoms with Crippen molar-refractivity contribution in [3.8, 4) is 5.75 Å². The van der Waals surface area contributed by atoms with Gasteiger partial charge in [-0.2, -0.15) is 0 Å². The minimum atomic E-state index is -0.652. The number of nitrogens with one attached hydrogen (secondary N) is 1. The molecule has 1 N–H and O–H groups in total. The van der Waals surface area contributed by atoms with E-state index in [1.165, 1.54) is 44.2 Å². The quantitative estimate of drug-likeness (QED) is 0.315. The maximum Gasteiger partial charge on any atom is 0.339 e. The second-order valence-electron chi connectivity index (χ2n) is 6.97. The van der Waals surface area contributed by atoms with E-state index in [1.807, 2.05) is 11.5 Å². The molecule has 0 aliphatic rings. The first-order valence-electron chi connectivity index (χ1n) is 10.4. The van der Waals surface area contributed by atoms with Crippen LogP contribution in [0.5, 0.6) is 5.75 Å². The van der Waals surface area contributed by atoms with Crippen molar-refractivity contribution in [3.63, 3.8) is 0 Å². The number of methoxy groups -OCH3 is 2. The number of rotatable bonds is 10. The lowest BCUT2D eigenvalue weighted by Gasteiger charge is -2.12. The molecule has 1 aromatic heterocycles. The number of thioether (sulfide) groups is 1. The summed E-state index contributed by atoms with van der Waals surface area (Å²) in [5.74, 6) is -0.435. The van der Waals surface area contributed by atoms with Gasteiger partial charge in [0.1, 0.15) is 12.4 Å². The van der Waals surface area contributed by atoms with Gasteiger partial charge in [0, 0.05) is 11.6 Å². The number of nitrogens with zero attached hydrogens (tertiary/aromatic N) is 3. The van der Waals surface area contributed by atoms with Gasteiger partial charge >= 0.3 is 11.9 Å². The van der Waals surface area contributed by atoms with Gasteiger partial charge in [-0.25, -0.2) is 9.59 Å². The number of benzene rings is 2. The fourth-order valence-corrected chi connectivity index (χ4v) is 3.97. The van der Waals surface area contributed by atoms with Crippen molar-refractivity contribution in [2.24, 2.45) is 0 Å². The molecule has 35 heavy (non-hydrogen) atoms. The average molecular weight is 519 g/mol. The van der Waals surface area contributed by atoms with Crippen LogP contribution in [0.2, 0.25) is 5.02 Å². The van der Waals surface area contributed by atoms with Crippen LogP contribution in [0.3, 0.4) is 0 Å². The standard InChI is InChI=1S/C23H23ClN4O6S/c1-4-28-19(12-34-16-8-6-15(24)7-9-16)26-27-23(28)35-13-20(29)25-18-11-14(21(30)32-2)5-10-17(18)22(31)33-3/h5-11H,4,12-13H2,1-3H3,(H,25,29).